The lowest BCUT2D eigenvalue weighted by atomic mass is 9.90. The van der Waals surface area contributed by atoms with Gasteiger partial charge in [0.2, 0.25) is 0 Å². The van der Waals surface area contributed by atoms with Gasteiger partial charge >= 0.3 is 7.12 Å². The number of hydrogen-bond acceptors (Lipinski definition) is 6. The molecule has 0 bridgehead atoms. The molecule has 0 aliphatic rings. The first kappa shape index (κ1) is 22.2. The number of rotatable bonds is 3. The van der Waals surface area contributed by atoms with Crippen LogP contribution in [-0.2, 0) is 0 Å². The highest BCUT2D eigenvalue weighted by atomic mass is 79.9. The minimum Gasteiger partial charge on any atom is -0.421 e. The summed E-state index contributed by atoms with van der Waals surface area (Å²) in [5.41, 5.74) is 2.71. The summed E-state index contributed by atoms with van der Waals surface area (Å²) in [5, 5.41) is 18.7. The van der Waals surface area contributed by atoms with E-state index < -0.39 is 7.12 Å². The average Bonchev–Trinajstić information content (AvgIpc) is 2.78. The quantitative estimate of drug-likeness (QED) is 0.311. The van der Waals surface area contributed by atoms with Crippen LogP contribution < -0.4 is 5.72 Å². The first-order valence-corrected chi connectivity index (χ1v) is 10.5. The van der Waals surface area contributed by atoms with E-state index in [0.29, 0.717) is 11.6 Å². The molecule has 4 aromatic rings. The molecule has 6 nitrogen and oxygen atoms in total. The molecule has 0 aliphatic heterocycles. The normalized spacial score (nSPS) is 10.2. The Morgan fingerprint density at radius 1 is 0.767 bits per heavy atom. The van der Waals surface area contributed by atoms with Crippen LogP contribution in [0.1, 0.15) is 5.56 Å². The number of benzene rings is 2. The van der Waals surface area contributed by atoms with E-state index in [1.54, 1.807) is 6.20 Å². The molecule has 0 aliphatic carbocycles. The zero-order valence-corrected chi connectivity index (χ0v) is 19.1. The second kappa shape index (κ2) is 10.5. The summed E-state index contributed by atoms with van der Waals surface area (Å²) in [6.45, 7) is 2.02. The number of pyridine rings is 1. The Morgan fingerprint density at radius 3 is 1.67 bits per heavy atom. The van der Waals surface area contributed by atoms with Crippen LogP contribution in [0.2, 0.25) is 0 Å². The summed E-state index contributed by atoms with van der Waals surface area (Å²) in [4.78, 5) is 16.6. The van der Waals surface area contributed by atoms with Crippen molar-refractivity contribution in [1.82, 2.24) is 19.9 Å². The van der Waals surface area contributed by atoms with Crippen LogP contribution in [0.15, 0.2) is 82.0 Å². The average molecular weight is 528 g/mol. The van der Waals surface area contributed by atoms with Crippen molar-refractivity contribution >= 4 is 44.7 Å². The Morgan fingerprint density at radius 2 is 1.27 bits per heavy atom. The Hall–Kier alpha value is -2.46. The molecule has 2 aromatic carbocycles. The summed E-state index contributed by atoms with van der Waals surface area (Å²) in [5.74, 6) is 0.820. The summed E-state index contributed by atoms with van der Waals surface area (Å²) < 4.78 is 1.92. The van der Waals surface area contributed by atoms with Crippen molar-refractivity contribution in [2.24, 2.45) is 0 Å². The second-order valence-corrected chi connectivity index (χ2v) is 7.87. The molecule has 2 aromatic heterocycles. The lowest BCUT2D eigenvalue weighted by Crippen LogP contribution is -2.36. The number of aromatic nitrogens is 4. The molecule has 0 unspecified atom stereocenters. The van der Waals surface area contributed by atoms with E-state index in [4.69, 9.17) is 0 Å². The van der Waals surface area contributed by atoms with Gasteiger partial charge in [0.05, 0.1) is 0 Å². The number of halogens is 2. The van der Waals surface area contributed by atoms with Crippen LogP contribution in [0, 0.1) is 6.92 Å². The zero-order valence-electron chi connectivity index (χ0n) is 15.9. The van der Waals surface area contributed by atoms with Crippen LogP contribution in [0.25, 0.3) is 22.8 Å². The van der Waals surface area contributed by atoms with Gasteiger partial charge in [0.15, 0.2) is 17.4 Å². The van der Waals surface area contributed by atoms with Crippen LogP contribution in [0.3, 0.4) is 0 Å². The Bertz CT molecular complexity index is 1060. The maximum Gasteiger partial charge on any atom is 0.528 e. The maximum absolute atomic E-state index is 9.37. The predicted molar refractivity (Wildman–Crippen MR) is 125 cm³/mol. The highest BCUT2D eigenvalue weighted by Gasteiger charge is 2.19. The molecular weight excluding hydrogens is 511 g/mol. The minimum absolute atomic E-state index is 0.0669. The van der Waals surface area contributed by atoms with Gasteiger partial charge in [0.25, 0.3) is 0 Å². The Kier molecular flexibility index (Phi) is 7.81. The van der Waals surface area contributed by atoms with Crippen molar-refractivity contribution in [1.29, 1.82) is 0 Å². The first-order valence-electron chi connectivity index (χ1n) is 8.94. The summed E-state index contributed by atoms with van der Waals surface area (Å²) in [7, 11) is -1.74. The topological polar surface area (TPSA) is 92.0 Å². The monoisotopic (exact) mass is 526 g/mol. The molecule has 150 valence electrons. The van der Waals surface area contributed by atoms with Gasteiger partial charge in [-0.05, 0) is 50.4 Å². The predicted octanol–water partition coefficient (Wildman–Crippen LogP) is 3.80. The van der Waals surface area contributed by atoms with E-state index in [9.17, 15) is 10.0 Å². The standard InChI is InChI=1S/C15H12BN3O2.C6H5Br2N/c20-16(21)15-18-13(11-7-3-1-4-8-11)17-14(19-15)12-9-5-2-6-10-12;1-4-2-6(8)9-3-5(4)7/h1-10,20-21H;2-3H,1H3. The fourth-order valence-electron chi connectivity index (χ4n) is 2.45. The molecule has 0 saturated carbocycles. The van der Waals surface area contributed by atoms with E-state index in [1.165, 1.54) is 5.56 Å². The van der Waals surface area contributed by atoms with Crippen molar-refractivity contribution in [3.63, 3.8) is 0 Å². The van der Waals surface area contributed by atoms with Crippen LogP contribution in [0.5, 0.6) is 0 Å². The third kappa shape index (κ3) is 6.02. The van der Waals surface area contributed by atoms with E-state index in [1.807, 2.05) is 73.7 Å². The lowest BCUT2D eigenvalue weighted by molar-refractivity contribution is 0.422. The third-order valence-corrected chi connectivity index (χ3v) is 5.23. The van der Waals surface area contributed by atoms with Crippen LogP contribution in [0.4, 0.5) is 0 Å². The van der Waals surface area contributed by atoms with Gasteiger partial charge in [-0.1, -0.05) is 60.7 Å². The fourth-order valence-corrected chi connectivity index (χ4v) is 3.11. The van der Waals surface area contributed by atoms with E-state index in [-0.39, 0.29) is 5.72 Å². The fraction of sp³-hybridized carbons (Fsp3) is 0.0476. The molecule has 0 amide bonds. The molecule has 2 N–H and O–H groups in total. The summed E-state index contributed by atoms with van der Waals surface area (Å²) in [6.07, 6.45) is 1.78. The van der Waals surface area contributed by atoms with Crippen molar-refractivity contribution in [2.75, 3.05) is 0 Å². The molecule has 0 fully saturated rings. The molecule has 2 heterocycles. The molecular formula is C21H17BBr2N4O2. The molecule has 0 saturated heterocycles. The van der Waals surface area contributed by atoms with Crippen LogP contribution >= 0.6 is 31.9 Å². The van der Waals surface area contributed by atoms with Gasteiger partial charge in [-0.15, -0.1) is 0 Å². The van der Waals surface area contributed by atoms with Crippen molar-refractivity contribution < 1.29 is 10.0 Å². The van der Waals surface area contributed by atoms with E-state index in [0.717, 1.165) is 20.2 Å². The van der Waals surface area contributed by atoms with Crippen molar-refractivity contribution in [2.45, 2.75) is 6.92 Å². The van der Waals surface area contributed by atoms with Gasteiger partial charge in [-0.25, -0.2) is 19.9 Å². The van der Waals surface area contributed by atoms with Gasteiger partial charge in [-0.2, -0.15) is 0 Å². The Balaban J connectivity index is 0.000000239. The van der Waals surface area contributed by atoms with E-state index in [2.05, 4.69) is 51.8 Å². The molecule has 0 atom stereocenters. The summed E-state index contributed by atoms with van der Waals surface area (Å²) in [6, 6.07) is 20.7. The smallest absolute Gasteiger partial charge is 0.421 e. The molecule has 4 rings (SSSR count). The molecule has 0 spiro atoms. The highest BCUT2D eigenvalue weighted by molar-refractivity contribution is 9.11. The number of aryl methyl sites for hydroxylation is 1. The molecule has 9 heteroatoms. The van der Waals surface area contributed by atoms with Crippen molar-refractivity contribution in [3.8, 4) is 22.8 Å². The number of hydrogen-bond donors (Lipinski definition) is 2. The second-order valence-electron chi connectivity index (χ2n) is 6.20. The van der Waals surface area contributed by atoms with Gasteiger partial charge in [0.1, 0.15) is 4.60 Å². The lowest BCUT2D eigenvalue weighted by Gasteiger charge is -2.07. The minimum atomic E-state index is -1.74. The van der Waals surface area contributed by atoms with E-state index >= 15 is 0 Å². The maximum atomic E-state index is 9.37. The van der Waals surface area contributed by atoms with Gasteiger partial charge < -0.3 is 10.0 Å². The summed E-state index contributed by atoms with van der Waals surface area (Å²) >= 11 is 6.61. The van der Waals surface area contributed by atoms with Crippen molar-refractivity contribution in [3.05, 3.63) is 87.6 Å². The third-order valence-electron chi connectivity index (χ3n) is 3.96. The van der Waals surface area contributed by atoms with Crippen LogP contribution in [-0.4, -0.2) is 37.1 Å². The van der Waals surface area contributed by atoms with Gasteiger partial charge in [0, 0.05) is 21.8 Å². The number of nitrogens with zero attached hydrogens (tertiary/aromatic N) is 4. The largest absolute Gasteiger partial charge is 0.528 e. The highest BCUT2D eigenvalue weighted by Crippen LogP contribution is 2.18. The molecule has 0 radical (unpaired) electrons. The Labute approximate surface area is 191 Å². The van der Waals surface area contributed by atoms with Gasteiger partial charge in [-0.3, -0.25) is 0 Å². The SMILES string of the molecule is Cc1cc(Br)ncc1Br.OB(O)c1nc(-c2ccccc2)nc(-c2ccccc2)n1. The first-order chi connectivity index (χ1) is 14.4. The molecule has 30 heavy (non-hydrogen) atoms. The zero-order chi connectivity index (χ0) is 21.5.